The molecule has 1 heterocycles. The van der Waals surface area contributed by atoms with Gasteiger partial charge in [-0.05, 0) is 31.9 Å². The molecule has 2 amide bonds. The Morgan fingerprint density at radius 3 is 2.55 bits per heavy atom. The van der Waals surface area contributed by atoms with Gasteiger partial charge in [0.1, 0.15) is 5.82 Å². The van der Waals surface area contributed by atoms with Crippen LogP contribution in [0.15, 0.2) is 30.3 Å². The summed E-state index contributed by atoms with van der Waals surface area (Å²) in [6, 6.07) is 9.33. The fourth-order valence-electron chi connectivity index (χ4n) is 2.22. The standard InChI is InChI=1S/C15H18N4O/c1-10-3-5-11(6-4-10)19-13(17-14(16)20)9-12(18-19)15(2)7-8-15/h3-6,9H,7-8H2,1-2H3,(H3,16,17,20). The first kappa shape index (κ1) is 12.7. The van der Waals surface area contributed by atoms with Gasteiger partial charge in [0.05, 0.1) is 11.4 Å². The lowest BCUT2D eigenvalue weighted by atomic mass is 10.1. The van der Waals surface area contributed by atoms with E-state index in [2.05, 4.69) is 17.3 Å². The molecule has 0 unspecified atom stereocenters. The highest BCUT2D eigenvalue weighted by Crippen LogP contribution is 2.47. The molecule has 0 atom stereocenters. The van der Waals surface area contributed by atoms with Crippen molar-refractivity contribution >= 4 is 11.8 Å². The number of carbonyl (C=O) groups is 1. The van der Waals surface area contributed by atoms with Gasteiger partial charge < -0.3 is 5.73 Å². The van der Waals surface area contributed by atoms with E-state index in [1.165, 1.54) is 5.56 Å². The van der Waals surface area contributed by atoms with E-state index in [9.17, 15) is 4.79 Å². The molecule has 1 saturated carbocycles. The molecule has 0 saturated heterocycles. The number of anilines is 1. The number of amides is 2. The normalized spacial score (nSPS) is 15.9. The van der Waals surface area contributed by atoms with Crippen LogP contribution in [0, 0.1) is 6.92 Å². The van der Waals surface area contributed by atoms with Crippen LogP contribution in [0.4, 0.5) is 10.6 Å². The lowest BCUT2D eigenvalue weighted by molar-refractivity contribution is 0.259. The first-order valence-corrected chi connectivity index (χ1v) is 6.72. The average molecular weight is 270 g/mol. The molecule has 0 radical (unpaired) electrons. The number of hydrogen-bond acceptors (Lipinski definition) is 2. The lowest BCUT2D eigenvalue weighted by Crippen LogP contribution is -2.21. The van der Waals surface area contributed by atoms with Crippen LogP contribution in [0.25, 0.3) is 5.69 Å². The van der Waals surface area contributed by atoms with Crippen molar-refractivity contribution < 1.29 is 4.79 Å². The number of nitrogens with one attached hydrogen (secondary N) is 1. The maximum Gasteiger partial charge on any atom is 0.317 e. The van der Waals surface area contributed by atoms with Gasteiger partial charge in [-0.2, -0.15) is 5.10 Å². The largest absolute Gasteiger partial charge is 0.351 e. The summed E-state index contributed by atoms with van der Waals surface area (Å²) in [6.45, 7) is 4.22. The predicted molar refractivity (Wildman–Crippen MR) is 78.1 cm³/mol. The monoisotopic (exact) mass is 270 g/mol. The predicted octanol–water partition coefficient (Wildman–Crippen LogP) is 2.72. The van der Waals surface area contributed by atoms with E-state index in [4.69, 9.17) is 5.73 Å². The Labute approximate surface area is 117 Å². The summed E-state index contributed by atoms with van der Waals surface area (Å²) in [5.74, 6) is 0.615. The topological polar surface area (TPSA) is 72.9 Å². The first-order valence-electron chi connectivity index (χ1n) is 6.72. The highest BCUT2D eigenvalue weighted by Gasteiger charge is 2.42. The van der Waals surface area contributed by atoms with Crippen molar-refractivity contribution in [1.29, 1.82) is 0 Å². The van der Waals surface area contributed by atoms with Crippen LogP contribution in [-0.4, -0.2) is 15.8 Å². The molecule has 1 aromatic heterocycles. The summed E-state index contributed by atoms with van der Waals surface area (Å²) in [6.07, 6.45) is 2.27. The summed E-state index contributed by atoms with van der Waals surface area (Å²) in [4.78, 5) is 11.2. The Bertz CT molecular complexity index is 653. The number of nitrogens with two attached hydrogens (primary N) is 1. The molecule has 3 N–H and O–H groups in total. The fraction of sp³-hybridized carbons (Fsp3) is 0.333. The number of aryl methyl sites for hydroxylation is 1. The van der Waals surface area contributed by atoms with E-state index in [-0.39, 0.29) is 5.41 Å². The molecule has 0 spiro atoms. The van der Waals surface area contributed by atoms with E-state index < -0.39 is 6.03 Å². The van der Waals surface area contributed by atoms with Crippen LogP contribution in [0.5, 0.6) is 0 Å². The lowest BCUT2D eigenvalue weighted by Gasteiger charge is -2.07. The van der Waals surface area contributed by atoms with Crippen LogP contribution >= 0.6 is 0 Å². The molecule has 104 valence electrons. The molecule has 2 aromatic rings. The summed E-state index contributed by atoms with van der Waals surface area (Å²) in [5, 5.41) is 7.29. The van der Waals surface area contributed by atoms with E-state index in [1.54, 1.807) is 4.68 Å². The quantitative estimate of drug-likeness (QED) is 0.900. The number of urea groups is 1. The number of hydrogen-bond donors (Lipinski definition) is 2. The summed E-state index contributed by atoms with van der Waals surface area (Å²) < 4.78 is 1.74. The molecule has 1 aliphatic rings. The highest BCUT2D eigenvalue weighted by molar-refractivity contribution is 5.87. The van der Waals surface area contributed by atoms with E-state index in [0.29, 0.717) is 5.82 Å². The second-order valence-corrected chi connectivity index (χ2v) is 5.71. The number of aromatic nitrogens is 2. The van der Waals surface area contributed by atoms with Gasteiger partial charge in [-0.3, -0.25) is 5.32 Å². The number of carbonyl (C=O) groups excluding carboxylic acids is 1. The molecular weight excluding hydrogens is 252 g/mol. The van der Waals surface area contributed by atoms with E-state index in [1.807, 2.05) is 37.3 Å². The van der Waals surface area contributed by atoms with Gasteiger partial charge in [0, 0.05) is 11.5 Å². The second kappa shape index (κ2) is 4.37. The van der Waals surface area contributed by atoms with Crippen molar-refractivity contribution in [3.8, 4) is 5.69 Å². The maximum absolute atomic E-state index is 11.2. The Balaban J connectivity index is 2.05. The zero-order valence-electron chi connectivity index (χ0n) is 11.7. The van der Waals surface area contributed by atoms with Crippen LogP contribution in [0.2, 0.25) is 0 Å². The van der Waals surface area contributed by atoms with Gasteiger partial charge in [0.2, 0.25) is 0 Å². The molecule has 1 fully saturated rings. The second-order valence-electron chi connectivity index (χ2n) is 5.71. The molecular formula is C15H18N4O. The minimum absolute atomic E-state index is 0.143. The maximum atomic E-state index is 11.2. The van der Waals surface area contributed by atoms with Crippen molar-refractivity contribution in [2.75, 3.05) is 5.32 Å². The number of primary amides is 1. The zero-order valence-corrected chi connectivity index (χ0v) is 11.7. The number of benzene rings is 1. The molecule has 1 aliphatic carbocycles. The SMILES string of the molecule is Cc1ccc(-n2nc(C3(C)CC3)cc2NC(N)=O)cc1. The van der Waals surface area contributed by atoms with Crippen molar-refractivity contribution in [3.05, 3.63) is 41.6 Å². The third-order valence-corrected chi connectivity index (χ3v) is 3.86. The molecule has 0 bridgehead atoms. The Kier molecular flexibility index (Phi) is 2.78. The molecule has 1 aromatic carbocycles. The Hall–Kier alpha value is -2.30. The van der Waals surface area contributed by atoms with Gasteiger partial charge in [0.15, 0.2) is 0 Å². The zero-order chi connectivity index (χ0) is 14.3. The highest BCUT2D eigenvalue weighted by atomic mass is 16.2. The van der Waals surface area contributed by atoms with Crippen LogP contribution in [0.3, 0.4) is 0 Å². The number of nitrogens with zero attached hydrogens (tertiary/aromatic N) is 2. The smallest absolute Gasteiger partial charge is 0.317 e. The van der Waals surface area contributed by atoms with Crippen molar-refractivity contribution in [1.82, 2.24) is 9.78 Å². The summed E-state index contributed by atoms with van der Waals surface area (Å²) >= 11 is 0. The van der Waals surface area contributed by atoms with Gasteiger partial charge in [-0.15, -0.1) is 0 Å². The summed E-state index contributed by atoms with van der Waals surface area (Å²) in [7, 11) is 0. The van der Waals surface area contributed by atoms with Crippen LogP contribution < -0.4 is 11.1 Å². The fourth-order valence-corrected chi connectivity index (χ4v) is 2.22. The third-order valence-electron chi connectivity index (χ3n) is 3.86. The average Bonchev–Trinajstić information content (AvgIpc) is 2.99. The molecule has 20 heavy (non-hydrogen) atoms. The van der Waals surface area contributed by atoms with Crippen molar-refractivity contribution in [2.45, 2.75) is 32.1 Å². The Morgan fingerprint density at radius 1 is 1.35 bits per heavy atom. The van der Waals surface area contributed by atoms with Crippen molar-refractivity contribution in [2.24, 2.45) is 5.73 Å². The molecule has 3 rings (SSSR count). The van der Waals surface area contributed by atoms with Gasteiger partial charge in [-0.1, -0.05) is 24.6 Å². The van der Waals surface area contributed by atoms with Crippen LogP contribution in [-0.2, 0) is 5.41 Å². The molecule has 0 aliphatic heterocycles. The molecule has 5 nitrogen and oxygen atoms in total. The third kappa shape index (κ3) is 2.27. The minimum Gasteiger partial charge on any atom is -0.351 e. The van der Waals surface area contributed by atoms with Crippen LogP contribution in [0.1, 0.15) is 31.0 Å². The first-order chi connectivity index (χ1) is 9.48. The van der Waals surface area contributed by atoms with Gasteiger partial charge in [0.25, 0.3) is 0 Å². The molecule has 5 heteroatoms. The van der Waals surface area contributed by atoms with E-state index >= 15 is 0 Å². The van der Waals surface area contributed by atoms with Gasteiger partial charge >= 0.3 is 6.03 Å². The Morgan fingerprint density at radius 2 is 2.00 bits per heavy atom. The number of rotatable bonds is 3. The summed E-state index contributed by atoms with van der Waals surface area (Å²) in [5.41, 5.74) is 8.48. The minimum atomic E-state index is -0.578. The van der Waals surface area contributed by atoms with Gasteiger partial charge in [-0.25, -0.2) is 9.48 Å². The van der Waals surface area contributed by atoms with Crippen molar-refractivity contribution in [3.63, 3.8) is 0 Å². The van der Waals surface area contributed by atoms with E-state index in [0.717, 1.165) is 24.2 Å².